The van der Waals surface area contributed by atoms with E-state index in [9.17, 15) is 0 Å². The highest BCUT2D eigenvalue weighted by atomic mass is 32.2. The van der Waals surface area contributed by atoms with Crippen molar-refractivity contribution in [2.45, 2.75) is 16.2 Å². The van der Waals surface area contributed by atoms with Gasteiger partial charge in [0.25, 0.3) is 0 Å². The number of fused-ring (bicyclic) bond motifs is 2. The van der Waals surface area contributed by atoms with E-state index < -0.39 is 0 Å². The highest BCUT2D eigenvalue weighted by Gasteiger charge is 2.32. The van der Waals surface area contributed by atoms with Crippen molar-refractivity contribution < 1.29 is 0 Å². The number of anilines is 2. The fraction of sp³-hybridized carbons (Fsp3) is 0.333. The van der Waals surface area contributed by atoms with E-state index >= 15 is 0 Å². The van der Waals surface area contributed by atoms with Gasteiger partial charge >= 0.3 is 0 Å². The van der Waals surface area contributed by atoms with Crippen molar-refractivity contribution in [3.63, 3.8) is 0 Å². The Morgan fingerprint density at radius 2 is 1.90 bits per heavy atom. The Hall–Kier alpha value is -1.45. The first kappa shape index (κ1) is 13.2. The van der Waals surface area contributed by atoms with E-state index in [2.05, 4.69) is 66.4 Å². The highest BCUT2D eigenvalue weighted by molar-refractivity contribution is 7.99. The number of para-hydroxylation sites is 2. The minimum absolute atomic E-state index is 0.693. The van der Waals surface area contributed by atoms with Gasteiger partial charge in [0.05, 0.1) is 11.4 Å². The Morgan fingerprint density at radius 1 is 1.10 bits per heavy atom. The normalized spacial score (nSPS) is 19.4. The van der Waals surface area contributed by atoms with Crippen LogP contribution in [0.5, 0.6) is 0 Å². The lowest BCUT2D eigenvalue weighted by atomic mass is 9.91. The summed E-state index contributed by atoms with van der Waals surface area (Å²) in [6.45, 7) is 2.27. The van der Waals surface area contributed by atoms with E-state index in [1.54, 1.807) is 0 Å². The molecular weight excluding hydrogens is 276 g/mol. The first-order valence-corrected chi connectivity index (χ1v) is 8.35. The second-order valence-corrected chi connectivity index (χ2v) is 7.36. The van der Waals surface area contributed by atoms with Gasteiger partial charge in [-0.05, 0) is 50.2 Å². The Bertz CT molecular complexity index is 681. The average molecular weight is 296 g/mol. The van der Waals surface area contributed by atoms with Crippen LogP contribution in [0.1, 0.15) is 5.56 Å². The summed E-state index contributed by atoms with van der Waals surface area (Å²) < 4.78 is 0. The maximum atomic E-state index is 2.55. The fourth-order valence-corrected chi connectivity index (χ4v) is 4.74. The Labute approximate surface area is 130 Å². The van der Waals surface area contributed by atoms with Gasteiger partial charge in [-0.15, -0.1) is 0 Å². The van der Waals surface area contributed by atoms with Gasteiger partial charge < -0.3 is 9.80 Å². The molecule has 2 aliphatic heterocycles. The zero-order chi connectivity index (χ0) is 14.4. The molecule has 0 unspecified atom stereocenters. The zero-order valence-electron chi connectivity index (χ0n) is 12.5. The van der Waals surface area contributed by atoms with Crippen molar-refractivity contribution in [2.75, 3.05) is 32.1 Å². The summed E-state index contributed by atoms with van der Waals surface area (Å²) >= 11 is 1.91. The summed E-state index contributed by atoms with van der Waals surface area (Å²) in [5.41, 5.74) is 4.34. The molecule has 4 rings (SSSR count). The van der Waals surface area contributed by atoms with Crippen molar-refractivity contribution in [3.05, 3.63) is 48.0 Å². The minimum Gasteiger partial charge on any atom is -0.339 e. The molecule has 0 fully saturated rings. The van der Waals surface area contributed by atoms with Crippen LogP contribution in [0.4, 0.5) is 11.4 Å². The molecular formula is C18H20N2S. The summed E-state index contributed by atoms with van der Waals surface area (Å²) in [4.78, 5) is 7.65. The van der Waals surface area contributed by atoms with Gasteiger partial charge in [-0.2, -0.15) is 0 Å². The van der Waals surface area contributed by atoms with E-state index in [-0.39, 0.29) is 0 Å². The smallest absolute Gasteiger partial charge is 0.0585 e. The average Bonchev–Trinajstić information content (AvgIpc) is 2.47. The molecule has 0 saturated carbocycles. The predicted octanol–water partition coefficient (Wildman–Crippen LogP) is 4.02. The Kier molecular flexibility index (Phi) is 3.20. The minimum atomic E-state index is 0.693. The van der Waals surface area contributed by atoms with Gasteiger partial charge in [0, 0.05) is 22.9 Å². The first-order valence-electron chi connectivity index (χ1n) is 7.53. The predicted molar refractivity (Wildman–Crippen MR) is 89.8 cm³/mol. The third-order valence-corrected chi connectivity index (χ3v) is 5.42. The molecule has 1 atom stereocenters. The Balaban J connectivity index is 1.81. The van der Waals surface area contributed by atoms with Gasteiger partial charge in [-0.1, -0.05) is 36.0 Å². The third-order valence-electron chi connectivity index (χ3n) is 4.30. The van der Waals surface area contributed by atoms with Crippen LogP contribution in [0.15, 0.2) is 52.3 Å². The molecule has 108 valence electrons. The van der Waals surface area contributed by atoms with Gasteiger partial charge in [0.1, 0.15) is 0 Å². The van der Waals surface area contributed by atoms with E-state index in [0.717, 1.165) is 13.1 Å². The molecule has 0 amide bonds. The standard InChI is InChI=1S/C18H20N2S/c1-19(2)11-13-10-14-6-5-9-17-18(14)20(12-13)15-7-3-4-8-16(15)21-17/h3-9,13H,10-12H2,1-2H3/t13-/m1/s1. The van der Waals surface area contributed by atoms with Crippen molar-refractivity contribution >= 4 is 23.1 Å². The summed E-state index contributed by atoms with van der Waals surface area (Å²) in [7, 11) is 4.35. The van der Waals surface area contributed by atoms with Crippen LogP contribution in [0.2, 0.25) is 0 Å². The van der Waals surface area contributed by atoms with E-state index in [1.165, 1.54) is 33.2 Å². The molecule has 0 N–H and O–H groups in total. The SMILES string of the molecule is CN(C)C[C@H]1Cc2cccc3c2N(C1)c1ccccc1S3. The van der Waals surface area contributed by atoms with Gasteiger partial charge in [-0.3, -0.25) is 0 Å². The van der Waals surface area contributed by atoms with Crippen LogP contribution in [0, 0.1) is 5.92 Å². The third kappa shape index (κ3) is 2.25. The second kappa shape index (κ2) is 5.08. The molecule has 21 heavy (non-hydrogen) atoms. The quantitative estimate of drug-likeness (QED) is 0.826. The number of nitrogens with zero attached hydrogens (tertiary/aromatic N) is 2. The van der Waals surface area contributed by atoms with Gasteiger partial charge in [-0.25, -0.2) is 0 Å². The van der Waals surface area contributed by atoms with Crippen molar-refractivity contribution in [3.8, 4) is 0 Å². The monoisotopic (exact) mass is 296 g/mol. The van der Waals surface area contributed by atoms with Crippen LogP contribution in [-0.2, 0) is 6.42 Å². The number of hydrogen-bond acceptors (Lipinski definition) is 3. The summed E-state index contributed by atoms with van der Waals surface area (Å²) in [5.74, 6) is 0.693. The molecule has 0 aliphatic carbocycles. The molecule has 3 heteroatoms. The summed E-state index contributed by atoms with van der Waals surface area (Å²) in [6, 6.07) is 15.6. The molecule has 2 heterocycles. The maximum Gasteiger partial charge on any atom is 0.0585 e. The molecule has 2 nitrogen and oxygen atoms in total. The lowest BCUT2D eigenvalue weighted by molar-refractivity contribution is 0.321. The lowest BCUT2D eigenvalue weighted by Gasteiger charge is -2.41. The van der Waals surface area contributed by atoms with Crippen LogP contribution in [0.25, 0.3) is 0 Å². The van der Waals surface area contributed by atoms with E-state index in [1.807, 2.05) is 11.8 Å². The molecule has 0 bridgehead atoms. The number of rotatable bonds is 2. The molecule has 0 saturated heterocycles. The van der Waals surface area contributed by atoms with Crippen LogP contribution < -0.4 is 4.90 Å². The molecule has 0 radical (unpaired) electrons. The Morgan fingerprint density at radius 3 is 2.76 bits per heavy atom. The lowest BCUT2D eigenvalue weighted by Crippen LogP contribution is -2.38. The topological polar surface area (TPSA) is 6.48 Å². The molecule has 0 aromatic heterocycles. The second-order valence-electron chi connectivity index (χ2n) is 6.28. The van der Waals surface area contributed by atoms with Crippen LogP contribution >= 0.6 is 11.8 Å². The van der Waals surface area contributed by atoms with Gasteiger partial charge in [0.2, 0.25) is 0 Å². The first-order chi connectivity index (χ1) is 10.2. The molecule has 2 aromatic carbocycles. The van der Waals surface area contributed by atoms with Crippen molar-refractivity contribution in [2.24, 2.45) is 5.92 Å². The van der Waals surface area contributed by atoms with Crippen LogP contribution in [-0.4, -0.2) is 32.1 Å². The summed E-state index contributed by atoms with van der Waals surface area (Å²) in [6.07, 6.45) is 1.20. The number of benzene rings is 2. The summed E-state index contributed by atoms with van der Waals surface area (Å²) in [5, 5.41) is 0. The number of hydrogen-bond donors (Lipinski definition) is 0. The van der Waals surface area contributed by atoms with E-state index in [0.29, 0.717) is 5.92 Å². The molecule has 2 aliphatic rings. The maximum absolute atomic E-state index is 2.55. The fourth-order valence-electron chi connectivity index (χ4n) is 3.59. The molecule has 2 aromatic rings. The van der Waals surface area contributed by atoms with Gasteiger partial charge in [0.15, 0.2) is 0 Å². The van der Waals surface area contributed by atoms with Crippen molar-refractivity contribution in [1.29, 1.82) is 0 Å². The highest BCUT2D eigenvalue weighted by Crippen LogP contribution is 2.51. The molecule has 0 spiro atoms. The largest absolute Gasteiger partial charge is 0.339 e. The van der Waals surface area contributed by atoms with Crippen LogP contribution in [0.3, 0.4) is 0 Å². The van der Waals surface area contributed by atoms with Crippen molar-refractivity contribution in [1.82, 2.24) is 4.90 Å². The zero-order valence-corrected chi connectivity index (χ0v) is 13.4. The van der Waals surface area contributed by atoms with E-state index in [4.69, 9.17) is 0 Å².